The van der Waals surface area contributed by atoms with E-state index in [-0.39, 0.29) is 30.2 Å². The first kappa shape index (κ1) is 34.8. The zero-order chi connectivity index (χ0) is 35.9. The molecule has 2 aromatic heterocycles. The van der Waals surface area contributed by atoms with E-state index in [2.05, 4.69) is 30.6 Å². The lowest BCUT2D eigenvalue weighted by molar-refractivity contribution is -0.138. The van der Waals surface area contributed by atoms with Crippen molar-refractivity contribution in [1.82, 2.24) is 29.5 Å². The van der Waals surface area contributed by atoms with Crippen molar-refractivity contribution >= 4 is 40.9 Å². The van der Waals surface area contributed by atoms with Crippen LogP contribution in [0.25, 0.3) is 0 Å². The molecule has 4 aromatic rings. The van der Waals surface area contributed by atoms with Gasteiger partial charge < -0.3 is 15.5 Å². The van der Waals surface area contributed by atoms with Crippen molar-refractivity contribution in [2.24, 2.45) is 7.05 Å². The standard InChI is InChI=1S/C35H41F3N10O2/c1-7-25-16-30(46(6)43-25)41-33-39-17-24-19-48(34(50)45(5)31(24)42-33)29-15-26(11-8-21(29)2)40-32(49)22-9-10-23(28(14-22)35(36,37)38)18-47-13-12-27(20-47)44(3)4/h8-11,14-17,27H,7,12-13,18-20H2,1-6H3,(H,40,49)(H,39,41,42). The Balaban J connectivity index is 1.19. The molecule has 264 valence electrons. The molecule has 3 amide bonds. The first-order valence-corrected chi connectivity index (χ1v) is 16.4. The summed E-state index contributed by atoms with van der Waals surface area (Å²) in [5, 5.41) is 10.3. The Hall–Kier alpha value is -5.02. The minimum absolute atomic E-state index is 0.114. The van der Waals surface area contributed by atoms with Crippen LogP contribution in [0.2, 0.25) is 0 Å². The quantitative estimate of drug-likeness (QED) is 0.226. The van der Waals surface area contributed by atoms with Gasteiger partial charge in [-0.3, -0.25) is 24.2 Å². The summed E-state index contributed by atoms with van der Waals surface area (Å²) in [6.45, 7) is 5.56. The smallest absolute Gasteiger partial charge is 0.322 e. The summed E-state index contributed by atoms with van der Waals surface area (Å²) in [5.41, 5.74) is 2.44. The molecule has 0 radical (unpaired) electrons. The summed E-state index contributed by atoms with van der Waals surface area (Å²) < 4.78 is 44.3. The Morgan fingerprint density at radius 3 is 2.56 bits per heavy atom. The molecule has 1 saturated heterocycles. The van der Waals surface area contributed by atoms with Gasteiger partial charge in [-0.2, -0.15) is 23.3 Å². The molecule has 0 saturated carbocycles. The lowest BCUT2D eigenvalue weighted by Gasteiger charge is -2.35. The number of rotatable bonds is 9. The number of halogens is 3. The summed E-state index contributed by atoms with van der Waals surface area (Å²) in [4.78, 5) is 43.1. The van der Waals surface area contributed by atoms with E-state index < -0.39 is 17.6 Å². The first-order valence-electron chi connectivity index (χ1n) is 16.4. The monoisotopic (exact) mass is 690 g/mol. The van der Waals surface area contributed by atoms with Crippen LogP contribution in [0.4, 0.5) is 46.9 Å². The predicted octanol–water partition coefficient (Wildman–Crippen LogP) is 5.81. The second-order valence-corrected chi connectivity index (χ2v) is 13.1. The van der Waals surface area contributed by atoms with E-state index in [1.54, 1.807) is 41.0 Å². The third-order valence-electron chi connectivity index (χ3n) is 9.35. The largest absolute Gasteiger partial charge is 0.416 e. The molecule has 1 fully saturated rings. The number of likely N-dealkylation sites (N-methyl/N-ethyl adjacent to an activating group) is 1. The highest BCUT2D eigenvalue weighted by Crippen LogP contribution is 2.36. The third-order valence-corrected chi connectivity index (χ3v) is 9.35. The number of hydrogen-bond donors (Lipinski definition) is 2. The summed E-state index contributed by atoms with van der Waals surface area (Å²) in [7, 11) is 7.38. The predicted molar refractivity (Wildman–Crippen MR) is 186 cm³/mol. The number of anilines is 5. The van der Waals surface area contributed by atoms with Crippen LogP contribution in [0, 0.1) is 6.92 Å². The Morgan fingerprint density at radius 1 is 1.10 bits per heavy atom. The molecular formula is C35H41F3N10O2. The molecule has 2 aromatic carbocycles. The number of benzene rings is 2. The number of amides is 3. The van der Waals surface area contributed by atoms with E-state index in [1.807, 2.05) is 46.0 Å². The summed E-state index contributed by atoms with van der Waals surface area (Å²) in [6.07, 6.45) is -1.30. The molecule has 0 spiro atoms. The van der Waals surface area contributed by atoms with E-state index in [0.29, 0.717) is 53.7 Å². The van der Waals surface area contributed by atoms with Crippen molar-refractivity contribution in [1.29, 1.82) is 0 Å². The van der Waals surface area contributed by atoms with E-state index >= 15 is 0 Å². The van der Waals surface area contributed by atoms with Gasteiger partial charge in [0.15, 0.2) is 0 Å². The molecule has 2 N–H and O–H groups in total. The van der Waals surface area contributed by atoms with Crippen molar-refractivity contribution in [2.45, 2.75) is 52.0 Å². The zero-order valence-electron chi connectivity index (χ0n) is 29.0. The number of aromatic nitrogens is 4. The van der Waals surface area contributed by atoms with Gasteiger partial charge in [-0.05, 0) is 69.3 Å². The average molecular weight is 691 g/mol. The molecule has 1 unspecified atom stereocenters. The Bertz CT molecular complexity index is 1930. The van der Waals surface area contributed by atoms with Crippen LogP contribution in [-0.2, 0) is 32.7 Å². The Morgan fingerprint density at radius 2 is 1.88 bits per heavy atom. The number of urea groups is 1. The van der Waals surface area contributed by atoms with Gasteiger partial charge in [-0.25, -0.2) is 9.78 Å². The van der Waals surface area contributed by atoms with E-state index in [9.17, 15) is 22.8 Å². The molecule has 0 bridgehead atoms. The topological polar surface area (TPSA) is 115 Å². The fraction of sp³-hybridized carbons (Fsp3) is 0.400. The maximum Gasteiger partial charge on any atom is 0.416 e. The fourth-order valence-corrected chi connectivity index (χ4v) is 6.41. The van der Waals surface area contributed by atoms with Gasteiger partial charge in [-0.15, -0.1) is 0 Å². The van der Waals surface area contributed by atoms with Crippen molar-refractivity contribution in [3.8, 4) is 0 Å². The van der Waals surface area contributed by atoms with Crippen molar-refractivity contribution in [2.75, 3.05) is 54.7 Å². The molecule has 2 aliphatic rings. The summed E-state index contributed by atoms with van der Waals surface area (Å²) >= 11 is 0. The van der Waals surface area contributed by atoms with Crippen molar-refractivity contribution in [3.63, 3.8) is 0 Å². The molecule has 12 nitrogen and oxygen atoms in total. The molecular weight excluding hydrogens is 649 g/mol. The summed E-state index contributed by atoms with van der Waals surface area (Å²) in [6, 6.07) is 10.6. The van der Waals surface area contributed by atoms with Gasteiger partial charge in [0.2, 0.25) is 5.95 Å². The first-order chi connectivity index (χ1) is 23.7. The molecule has 0 aliphatic carbocycles. The van der Waals surface area contributed by atoms with Crippen LogP contribution in [0.1, 0.15) is 51.7 Å². The highest BCUT2D eigenvalue weighted by molar-refractivity contribution is 6.07. The lowest BCUT2D eigenvalue weighted by Crippen LogP contribution is -2.46. The van der Waals surface area contributed by atoms with Gasteiger partial charge in [0.05, 0.1) is 23.5 Å². The average Bonchev–Trinajstić information content (AvgIpc) is 3.69. The van der Waals surface area contributed by atoms with Crippen LogP contribution >= 0.6 is 0 Å². The number of likely N-dealkylation sites (tertiary alicyclic amines) is 1. The summed E-state index contributed by atoms with van der Waals surface area (Å²) in [5.74, 6) is 0.800. The van der Waals surface area contributed by atoms with Gasteiger partial charge in [0.25, 0.3) is 5.91 Å². The van der Waals surface area contributed by atoms with Crippen molar-refractivity contribution < 1.29 is 22.8 Å². The molecule has 50 heavy (non-hydrogen) atoms. The minimum atomic E-state index is -4.63. The van der Waals surface area contributed by atoms with Gasteiger partial charge in [0, 0.05) is 68.8 Å². The Labute approximate surface area is 288 Å². The van der Waals surface area contributed by atoms with Crippen LogP contribution in [0.5, 0.6) is 0 Å². The van der Waals surface area contributed by atoms with E-state index in [1.165, 1.54) is 17.0 Å². The number of alkyl halides is 3. The molecule has 6 rings (SSSR count). The number of aryl methyl sites for hydroxylation is 3. The number of fused-ring (bicyclic) bond motifs is 1. The maximum atomic E-state index is 14.2. The Kier molecular flexibility index (Phi) is 9.55. The van der Waals surface area contributed by atoms with Gasteiger partial charge in [-0.1, -0.05) is 19.1 Å². The zero-order valence-corrected chi connectivity index (χ0v) is 29.0. The fourth-order valence-electron chi connectivity index (χ4n) is 6.41. The number of hydrogen-bond acceptors (Lipinski definition) is 8. The maximum absolute atomic E-state index is 14.2. The van der Waals surface area contributed by atoms with E-state index in [4.69, 9.17) is 0 Å². The molecule has 4 heterocycles. The highest BCUT2D eigenvalue weighted by atomic mass is 19.4. The second-order valence-electron chi connectivity index (χ2n) is 13.1. The molecule has 2 aliphatic heterocycles. The van der Waals surface area contributed by atoms with Crippen LogP contribution < -0.4 is 20.4 Å². The number of carbonyl (C=O) groups is 2. The SMILES string of the molecule is CCc1cc(Nc2ncc3c(n2)N(C)C(=O)N(c2cc(NC(=O)c4ccc(CN5CCC(N(C)C)C5)c(C(F)(F)F)c4)ccc2C)C3)n(C)n1. The van der Waals surface area contributed by atoms with Gasteiger partial charge in [0.1, 0.15) is 11.6 Å². The number of nitrogens with one attached hydrogen (secondary N) is 2. The lowest BCUT2D eigenvalue weighted by atomic mass is 10.0. The molecule has 15 heteroatoms. The van der Waals surface area contributed by atoms with Crippen LogP contribution in [0.15, 0.2) is 48.7 Å². The second kappa shape index (κ2) is 13.7. The highest BCUT2D eigenvalue weighted by Gasteiger charge is 2.36. The van der Waals surface area contributed by atoms with Gasteiger partial charge >= 0.3 is 12.2 Å². The normalized spacial score (nSPS) is 16.7. The number of carbonyl (C=O) groups excluding carboxylic acids is 2. The van der Waals surface area contributed by atoms with Crippen LogP contribution in [0.3, 0.4) is 0 Å². The van der Waals surface area contributed by atoms with E-state index in [0.717, 1.165) is 30.2 Å². The third kappa shape index (κ3) is 7.14. The van der Waals surface area contributed by atoms with Crippen molar-refractivity contribution in [3.05, 3.63) is 82.2 Å². The minimum Gasteiger partial charge on any atom is -0.322 e. The number of nitrogens with zero attached hydrogens (tertiary/aromatic N) is 8. The molecule has 1 atom stereocenters. The van der Waals surface area contributed by atoms with Crippen LogP contribution in [-0.4, -0.2) is 81.8 Å².